The molecule has 4 aromatic carbocycles. The zero-order valence-corrected chi connectivity index (χ0v) is 25.4. The topological polar surface area (TPSA) is 92.8 Å². The summed E-state index contributed by atoms with van der Waals surface area (Å²) < 4.78 is 34.4. The summed E-state index contributed by atoms with van der Waals surface area (Å²) in [5.41, 5.74) is 3.57. The van der Waals surface area contributed by atoms with Gasteiger partial charge in [-0.2, -0.15) is 0 Å². The fourth-order valence-corrected chi connectivity index (χ4v) is 5.87. The number of ether oxygens (including phenoxy) is 1. The molecule has 0 spiro atoms. The molecule has 218 valence electrons. The number of sulfonamides is 1. The smallest absolute Gasteiger partial charge is 0.264 e. The molecule has 1 N–H and O–H groups in total. The molecule has 4 aromatic rings. The Balaban J connectivity index is 1.60. The Labute approximate surface area is 248 Å². The fraction of sp³-hybridized carbons (Fsp3) is 0.235. The summed E-state index contributed by atoms with van der Waals surface area (Å²) in [5.74, 6) is -0.412. The van der Waals surface area contributed by atoms with E-state index in [1.165, 1.54) is 12.1 Å². The highest BCUT2D eigenvalue weighted by molar-refractivity contribution is 7.92. The van der Waals surface area contributed by atoms with Gasteiger partial charge in [0.15, 0.2) is 5.78 Å². The minimum absolute atomic E-state index is 0.0320. The van der Waals surface area contributed by atoms with Crippen LogP contribution in [-0.2, 0) is 20.2 Å². The molecule has 0 heterocycles. The van der Waals surface area contributed by atoms with E-state index in [9.17, 15) is 18.0 Å². The highest BCUT2D eigenvalue weighted by Gasteiger charge is 2.29. The number of aryl methyl sites for hydroxylation is 1. The first-order valence-electron chi connectivity index (χ1n) is 13.8. The number of ketones is 1. The standard InChI is InChI=1S/C34H36N2O5S/c1-6-41-31-13-8-7-12-30(31)36(42(39,40)29-20-14-24(2)15-21-29)23-32(37)35-28-11-9-10-26(22-28)33(38)25-16-18-27(19-17-25)34(3,4)5/h7-22H,6,23H2,1-5H3,(H,35,37). The van der Waals surface area contributed by atoms with E-state index >= 15 is 0 Å². The normalized spacial score (nSPS) is 11.5. The molecule has 1 amide bonds. The monoisotopic (exact) mass is 584 g/mol. The number of anilines is 2. The van der Waals surface area contributed by atoms with Crippen LogP contribution < -0.4 is 14.4 Å². The number of hydrogen-bond acceptors (Lipinski definition) is 5. The van der Waals surface area contributed by atoms with Crippen molar-refractivity contribution in [1.29, 1.82) is 0 Å². The van der Waals surface area contributed by atoms with Crippen LogP contribution in [0.3, 0.4) is 0 Å². The molecular weight excluding hydrogens is 548 g/mol. The van der Waals surface area contributed by atoms with Gasteiger partial charge in [0.05, 0.1) is 17.2 Å². The summed E-state index contributed by atoms with van der Waals surface area (Å²) in [4.78, 5) is 26.6. The van der Waals surface area contributed by atoms with E-state index < -0.39 is 22.5 Å². The number of amides is 1. The Bertz CT molecular complexity index is 1670. The lowest BCUT2D eigenvalue weighted by atomic mass is 9.86. The predicted octanol–water partition coefficient (Wildman–Crippen LogP) is 6.76. The SMILES string of the molecule is CCOc1ccccc1N(CC(=O)Nc1cccc(C(=O)c2ccc(C(C)(C)C)cc2)c1)S(=O)(=O)c1ccc(C)cc1. The Kier molecular flexibility index (Phi) is 9.17. The second kappa shape index (κ2) is 12.6. The first-order chi connectivity index (χ1) is 19.9. The lowest BCUT2D eigenvalue weighted by Gasteiger charge is -2.26. The van der Waals surface area contributed by atoms with Crippen LogP contribution in [0.4, 0.5) is 11.4 Å². The molecule has 42 heavy (non-hydrogen) atoms. The van der Waals surface area contributed by atoms with Crippen LogP contribution in [-0.4, -0.2) is 33.3 Å². The number of benzene rings is 4. The molecule has 0 bridgehead atoms. The molecule has 4 rings (SSSR count). The minimum atomic E-state index is -4.13. The minimum Gasteiger partial charge on any atom is -0.492 e. The Hall–Kier alpha value is -4.43. The van der Waals surface area contributed by atoms with Gasteiger partial charge in [-0.05, 0) is 61.2 Å². The Morgan fingerprint density at radius 1 is 0.833 bits per heavy atom. The number of hydrogen-bond donors (Lipinski definition) is 1. The van der Waals surface area contributed by atoms with Gasteiger partial charge in [-0.1, -0.05) is 87.0 Å². The third kappa shape index (κ3) is 7.06. The maximum absolute atomic E-state index is 13.8. The van der Waals surface area contributed by atoms with Crippen LogP contribution in [0, 0.1) is 6.92 Å². The van der Waals surface area contributed by atoms with Crippen molar-refractivity contribution in [2.24, 2.45) is 0 Å². The average Bonchev–Trinajstić information content (AvgIpc) is 2.96. The van der Waals surface area contributed by atoms with E-state index in [0.29, 0.717) is 29.2 Å². The van der Waals surface area contributed by atoms with Gasteiger partial charge in [0.1, 0.15) is 12.3 Å². The van der Waals surface area contributed by atoms with Crippen molar-refractivity contribution in [3.8, 4) is 5.75 Å². The highest BCUT2D eigenvalue weighted by Crippen LogP contribution is 2.33. The number of para-hydroxylation sites is 2. The molecule has 0 fully saturated rings. The van der Waals surface area contributed by atoms with Crippen molar-refractivity contribution < 1.29 is 22.7 Å². The van der Waals surface area contributed by atoms with Crippen molar-refractivity contribution in [1.82, 2.24) is 0 Å². The van der Waals surface area contributed by atoms with E-state index in [4.69, 9.17) is 4.74 Å². The number of rotatable bonds is 10. The Morgan fingerprint density at radius 3 is 2.14 bits per heavy atom. The quantitative estimate of drug-likeness (QED) is 0.208. The third-order valence-corrected chi connectivity index (χ3v) is 8.53. The van der Waals surface area contributed by atoms with Crippen LogP contribution in [0.25, 0.3) is 0 Å². The highest BCUT2D eigenvalue weighted by atomic mass is 32.2. The summed E-state index contributed by atoms with van der Waals surface area (Å²) in [5, 5.41) is 2.76. The molecule has 7 nitrogen and oxygen atoms in total. The molecule has 0 saturated heterocycles. The van der Waals surface area contributed by atoms with Crippen molar-refractivity contribution in [2.75, 3.05) is 22.8 Å². The first kappa shape index (κ1) is 30.5. The van der Waals surface area contributed by atoms with Gasteiger partial charge in [-0.15, -0.1) is 0 Å². The lowest BCUT2D eigenvalue weighted by Crippen LogP contribution is -2.38. The maximum atomic E-state index is 13.8. The second-order valence-electron chi connectivity index (χ2n) is 11.0. The van der Waals surface area contributed by atoms with Crippen LogP contribution in [0.15, 0.2) is 102 Å². The molecular formula is C34H36N2O5S. The molecule has 0 aliphatic rings. The van der Waals surface area contributed by atoms with E-state index in [1.807, 2.05) is 19.1 Å². The Morgan fingerprint density at radius 2 is 1.50 bits per heavy atom. The number of carbonyl (C=O) groups is 2. The van der Waals surface area contributed by atoms with Gasteiger partial charge in [-0.25, -0.2) is 8.42 Å². The molecule has 0 aromatic heterocycles. The largest absolute Gasteiger partial charge is 0.492 e. The van der Waals surface area contributed by atoms with Crippen molar-refractivity contribution in [3.05, 3.63) is 119 Å². The summed E-state index contributed by atoms with van der Waals surface area (Å²) in [6.45, 7) is 9.81. The predicted molar refractivity (Wildman–Crippen MR) is 167 cm³/mol. The van der Waals surface area contributed by atoms with E-state index in [0.717, 1.165) is 15.4 Å². The molecule has 0 radical (unpaired) electrons. The van der Waals surface area contributed by atoms with E-state index in [-0.39, 0.29) is 21.8 Å². The summed E-state index contributed by atoms with van der Waals surface area (Å²) in [7, 11) is -4.13. The molecule has 0 aliphatic heterocycles. The molecule has 8 heteroatoms. The van der Waals surface area contributed by atoms with Crippen molar-refractivity contribution in [3.63, 3.8) is 0 Å². The van der Waals surface area contributed by atoms with E-state index in [1.54, 1.807) is 79.7 Å². The van der Waals surface area contributed by atoms with Crippen LogP contribution in [0.2, 0.25) is 0 Å². The number of nitrogens with zero attached hydrogens (tertiary/aromatic N) is 1. The number of nitrogens with one attached hydrogen (secondary N) is 1. The summed E-state index contributed by atoms with van der Waals surface area (Å²) >= 11 is 0. The van der Waals surface area contributed by atoms with Crippen molar-refractivity contribution >= 4 is 33.1 Å². The lowest BCUT2D eigenvalue weighted by molar-refractivity contribution is -0.114. The number of carbonyl (C=O) groups excluding carboxylic acids is 2. The molecule has 0 aliphatic carbocycles. The van der Waals surface area contributed by atoms with Gasteiger partial charge in [0.2, 0.25) is 5.91 Å². The zero-order valence-electron chi connectivity index (χ0n) is 24.5. The average molecular weight is 585 g/mol. The van der Waals surface area contributed by atoms with Crippen LogP contribution in [0.1, 0.15) is 54.7 Å². The fourth-order valence-electron chi connectivity index (χ4n) is 4.44. The summed E-state index contributed by atoms with van der Waals surface area (Å²) in [6.07, 6.45) is 0. The van der Waals surface area contributed by atoms with Gasteiger partial charge >= 0.3 is 0 Å². The maximum Gasteiger partial charge on any atom is 0.264 e. The zero-order chi connectivity index (χ0) is 30.5. The molecule has 0 unspecified atom stereocenters. The summed E-state index contributed by atoms with van der Waals surface area (Å²) in [6, 6.07) is 27.3. The van der Waals surface area contributed by atoms with Gasteiger partial charge < -0.3 is 10.1 Å². The van der Waals surface area contributed by atoms with Gasteiger partial charge in [0, 0.05) is 16.8 Å². The van der Waals surface area contributed by atoms with Gasteiger partial charge in [0.25, 0.3) is 10.0 Å². The van der Waals surface area contributed by atoms with Gasteiger partial charge in [-0.3, -0.25) is 13.9 Å². The second-order valence-corrected chi connectivity index (χ2v) is 12.9. The van der Waals surface area contributed by atoms with Crippen LogP contribution in [0.5, 0.6) is 5.75 Å². The first-order valence-corrected chi connectivity index (χ1v) is 15.2. The molecule has 0 saturated carbocycles. The third-order valence-electron chi connectivity index (χ3n) is 6.75. The van der Waals surface area contributed by atoms with Crippen molar-refractivity contribution in [2.45, 2.75) is 44.9 Å². The van der Waals surface area contributed by atoms with E-state index in [2.05, 4.69) is 26.1 Å². The van der Waals surface area contributed by atoms with Crippen LogP contribution >= 0.6 is 0 Å². The molecule has 0 atom stereocenters.